The van der Waals surface area contributed by atoms with Gasteiger partial charge in [0.1, 0.15) is 30.4 Å². The summed E-state index contributed by atoms with van der Waals surface area (Å²) in [5.74, 6) is -9.20. The molecule has 0 unspecified atom stereocenters. The number of hydrogen-bond acceptors (Lipinski definition) is 11. The average molecular weight is 953 g/mol. The lowest BCUT2D eigenvalue weighted by atomic mass is 9.85. The summed E-state index contributed by atoms with van der Waals surface area (Å²) in [6, 6.07) is 6.17. The van der Waals surface area contributed by atoms with E-state index in [-0.39, 0.29) is 42.8 Å². The van der Waals surface area contributed by atoms with Crippen LogP contribution in [0.1, 0.15) is 101 Å². The van der Waals surface area contributed by atoms with Crippen molar-refractivity contribution in [3.8, 4) is 0 Å². The molecule has 1 fully saturated rings. The molecule has 0 radical (unpaired) electrons. The lowest BCUT2D eigenvalue weighted by Crippen LogP contribution is -2.57. The van der Waals surface area contributed by atoms with Crippen LogP contribution < -0.4 is 36.8 Å². The fraction of sp³-hybridized carbons (Fsp3) is 0.511. The van der Waals surface area contributed by atoms with Gasteiger partial charge in [0.15, 0.2) is 0 Å². The third-order valence-corrected chi connectivity index (χ3v) is 12.1. The third-order valence-electron chi connectivity index (χ3n) is 11.2. The van der Waals surface area contributed by atoms with Crippen molar-refractivity contribution >= 4 is 86.5 Å². The van der Waals surface area contributed by atoms with E-state index in [0.29, 0.717) is 70.2 Å². The molecular weight excluding hydrogens is 893 g/mol. The molecule has 364 valence electrons. The summed E-state index contributed by atoms with van der Waals surface area (Å²) in [6.45, 7) is 5.91. The van der Waals surface area contributed by atoms with Crippen LogP contribution in [0.2, 0.25) is 0 Å². The van der Waals surface area contributed by atoms with Crippen molar-refractivity contribution in [3.05, 3.63) is 53.0 Å². The second kappa shape index (κ2) is 25.7. The van der Waals surface area contributed by atoms with E-state index in [0.717, 1.165) is 28.4 Å². The van der Waals surface area contributed by atoms with Crippen molar-refractivity contribution < 1.29 is 63.3 Å². The minimum absolute atomic E-state index is 0.000324. The number of rotatable bonds is 26. The predicted molar refractivity (Wildman–Crippen MR) is 245 cm³/mol. The largest absolute Gasteiger partial charge is 0.481 e. The number of carboxylic acid groups (broad SMARTS) is 3. The van der Waals surface area contributed by atoms with Crippen molar-refractivity contribution in [2.45, 2.75) is 122 Å². The molecule has 0 aliphatic heterocycles. The molecule has 21 nitrogen and oxygen atoms in total. The number of carbonyl (C=O) groups is 10. The van der Waals surface area contributed by atoms with Crippen molar-refractivity contribution in [1.82, 2.24) is 36.5 Å². The summed E-state index contributed by atoms with van der Waals surface area (Å²) < 4.78 is 2.68. The number of anilines is 1. The SMILES string of the molecule is CCN(C(=O)Cn1c(C(=O)N[C@H]2CC[C@H](C(=O)NCCCCCCNC(=O)[C@H](CC(=O)O)NC(=O)[C@H](CC(=O)O)NC(=O)[C@H](CC(=O)O)NC(C)=O)CC2)cc2sccc21)c1cccc(C)c1. The fourth-order valence-electron chi connectivity index (χ4n) is 7.85. The number of carboxylic acids is 3. The smallest absolute Gasteiger partial charge is 0.305 e. The molecule has 7 amide bonds. The maximum absolute atomic E-state index is 13.7. The molecule has 1 aliphatic carbocycles. The number of aryl methyl sites for hydroxylation is 1. The summed E-state index contributed by atoms with van der Waals surface area (Å²) in [5.41, 5.74) is 3.06. The zero-order valence-electron chi connectivity index (χ0n) is 37.8. The summed E-state index contributed by atoms with van der Waals surface area (Å²) in [6.07, 6.45) is 2.11. The monoisotopic (exact) mass is 952 g/mol. The van der Waals surface area contributed by atoms with Gasteiger partial charge in [-0.25, -0.2) is 0 Å². The van der Waals surface area contributed by atoms with Crippen molar-refractivity contribution in [2.75, 3.05) is 24.5 Å². The molecule has 9 N–H and O–H groups in total. The molecule has 2 heterocycles. The van der Waals surface area contributed by atoms with Gasteiger partial charge >= 0.3 is 17.9 Å². The molecule has 67 heavy (non-hydrogen) atoms. The normalized spacial score (nSPS) is 15.8. The van der Waals surface area contributed by atoms with Gasteiger partial charge in [0.2, 0.25) is 35.4 Å². The van der Waals surface area contributed by atoms with Crippen LogP contribution >= 0.6 is 11.3 Å². The van der Waals surface area contributed by atoms with Crippen molar-refractivity contribution in [2.24, 2.45) is 5.92 Å². The van der Waals surface area contributed by atoms with Crippen LogP contribution in [-0.4, -0.2) is 123 Å². The van der Waals surface area contributed by atoms with Crippen LogP contribution in [0.3, 0.4) is 0 Å². The molecule has 0 spiro atoms. The van der Waals surface area contributed by atoms with E-state index in [4.69, 9.17) is 5.11 Å². The number of amides is 7. The standard InChI is InChI=1S/C45H60N8O13S/c1-4-52(30-11-9-10-26(2)20-30)37(55)25-53-34-16-19-67-36(34)24-35(53)45(66)49-29-14-12-28(13-15-29)41(62)46-17-7-5-6-8-18-47-42(63)31(21-38(56)57)50-44(65)33(23-40(60)61)51-43(64)32(22-39(58)59)48-27(3)54/h9-11,16,19-20,24,28-29,31-33H,4-8,12-15,17-18,21-23,25H2,1-3H3,(H,46,62)(H,47,63)(H,48,54)(H,49,66)(H,50,65)(H,51,64)(H,56,57)(H,58,59)(H,60,61)/t28-,29-,31-,32-,33-/m0/s1. The predicted octanol–water partition coefficient (Wildman–Crippen LogP) is 2.04. The molecule has 2 aromatic heterocycles. The van der Waals surface area contributed by atoms with Crippen molar-refractivity contribution in [1.29, 1.82) is 0 Å². The number of benzene rings is 1. The first-order valence-electron chi connectivity index (χ1n) is 22.2. The summed E-state index contributed by atoms with van der Waals surface area (Å²) in [7, 11) is 0. The van der Waals surface area contributed by atoms with Crippen LogP contribution in [-0.2, 0) is 49.7 Å². The Morgan fingerprint density at radius 3 is 1.85 bits per heavy atom. The summed E-state index contributed by atoms with van der Waals surface area (Å²) in [5, 5.41) is 44.6. The first-order chi connectivity index (χ1) is 31.9. The Hall–Kier alpha value is -6.84. The van der Waals surface area contributed by atoms with E-state index >= 15 is 0 Å². The zero-order chi connectivity index (χ0) is 49.2. The lowest BCUT2D eigenvalue weighted by Gasteiger charge is -2.28. The topological polar surface area (TPSA) is 312 Å². The van der Waals surface area contributed by atoms with Gasteiger partial charge in [0, 0.05) is 44.2 Å². The molecule has 0 saturated heterocycles. The summed E-state index contributed by atoms with van der Waals surface area (Å²) >= 11 is 1.50. The van der Waals surface area contributed by atoms with Crippen LogP contribution in [0.4, 0.5) is 5.69 Å². The average Bonchev–Trinajstić information content (AvgIpc) is 3.86. The Kier molecular flexibility index (Phi) is 20.3. The van der Waals surface area contributed by atoms with E-state index in [9.17, 15) is 58.2 Å². The highest BCUT2D eigenvalue weighted by Gasteiger charge is 2.33. The van der Waals surface area contributed by atoms with Gasteiger partial charge in [-0.3, -0.25) is 47.9 Å². The highest BCUT2D eigenvalue weighted by Crippen LogP contribution is 2.28. The second-order valence-electron chi connectivity index (χ2n) is 16.5. The summed E-state index contributed by atoms with van der Waals surface area (Å²) in [4.78, 5) is 126. The second-order valence-corrected chi connectivity index (χ2v) is 17.4. The Morgan fingerprint density at radius 2 is 1.30 bits per heavy atom. The number of nitrogens with zero attached hydrogens (tertiary/aromatic N) is 2. The number of hydrogen-bond donors (Lipinski definition) is 9. The van der Waals surface area contributed by atoms with Gasteiger partial charge in [0.05, 0.1) is 29.5 Å². The molecule has 22 heteroatoms. The highest BCUT2D eigenvalue weighted by atomic mass is 32.1. The lowest BCUT2D eigenvalue weighted by molar-refractivity contribution is -0.144. The van der Waals surface area contributed by atoms with E-state index in [2.05, 4.69) is 26.6 Å². The molecule has 1 aliphatic rings. The van der Waals surface area contributed by atoms with E-state index < -0.39 is 78.9 Å². The van der Waals surface area contributed by atoms with Gasteiger partial charge in [0.25, 0.3) is 5.91 Å². The number of aromatic nitrogens is 1. The number of fused-ring (bicyclic) bond motifs is 1. The highest BCUT2D eigenvalue weighted by molar-refractivity contribution is 7.17. The number of nitrogens with one attached hydrogen (secondary N) is 6. The van der Waals surface area contributed by atoms with E-state index in [1.54, 1.807) is 9.47 Å². The minimum Gasteiger partial charge on any atom is -0.481 e. The number of thiophene rings is 1. The Morgan fingerprint density at radius 1 is 0.731 bits per heavy atom. The molecule has 1 saturated carbocycles. The maximum Gasteiger partial charge on any atom is 0.305 e. The fourth-order valence-corrected chi connectivity index (χ4v) is 8.67. The number of likely N-dealkylation sites (N-methyl/N-ethyl adjacent to an activating group) is 1. The Labute approximate surface area is 390 Å². The quantitative estimate of drug-likeness (QED) is 0.0521. The van der Waals surface area contributed by atoms with E-state index in [1.165, 1.54) is 11.3 Å². The van der Waals surface area contributed by atoms with Gasteiger partial charge in [-0.2, -0.15) is 0 Å². The molecule has 3 aromatic rings. The van der Waals surface area contributed by atoms with Gasteiger partial charge in [-0.05, 0) is 87.6 Å². The number of unbranched alkanes of at least 4 members (excludes halogenated alkanes) is 3. The molecule has 0 bridgehead atoms. The molecule has 3 atom stereocenters. The molecule has 1 aromatic carbocycles. The third kappa shape index (κ3) is 16.5. The number of carbonyl (C=O) groups excluding carboxylic acids is 7. The maximum atomic E-state index is 13.7. The minimum atomic E-state index is -1.85. The van der Waals surface area contributed by atoms with Gasteiger partial charge < -0.3 is 56.7 Å². The molecular formula is C45H60N8O13S. The van der Waals surface area contributed by atoms with Crippen molar-refractivity contribution in [3.63, 3.8) is 0 Å². The first-order valence-corrected chi connectivity index (χ1v) is 23.1. The van der Waals surface area contributed by atoms with Gasteiger partial charge in [-0.15, -0.1) is 11.3 Å². The van der Waals surface area contributed by atoms with Crippen LogP contribution in [0.15, 0.2) is 41.8 Å². The van der Waals surface area contributed by atoms with E-state index in [1.807, 2.05) is 60.9 Å². The Balaban J connectivity index is 1.16. The van der Waals surface area contributed by atoms with Crippen LogP contribution in [0, 0.1) is 12.8 Å². The Bertz CT molecular complexity index is 2270. The first kappa shape index (κ1) is 52.8. The van der Waals surface area contributed by atoms with Gasteiger partial charge in [-0.1, -0.05) is 25.0 Å². The van der Waals surface area contributed by atoms with Crippen LogP contribution in [0.5, 0.6) is 0 Å². The zero-order valence-corrected chi connectivity index (χ0v) is 38.6. The van der Waals surface area contributed by atoms with Crippen LogP contribution in [0.25, 0.3) is 10.2 Å². The molecule has 4 rings (SSSR count). The number of aliphatic carboxylic acids is 3.